The van der Waals surface area contributed by atoms with E-state index in [-0.39, 0.29) is 0 Å². The molecule has 6 aromatic rings. The Hall–Kier alpha value is -4.80. The first kappa shape index (κ1) is 24.3. The molecule has 0 amide bonds. The summed E-state index contributed by atoms with van der Waals surface area (Å²) in [6.45, 7) is 8.00. The summed E-state index contributed by atoms with van der Waals surface area (Å²) in [6.07, 6.45) is 4.00. The molecule has 4 aromatic carbocycles. The van der Waals surface area contributed by atoms with Crippen LogP contribution in [0.4, 0.5) is 0 Å². The van der Waals surface area contributed by atoms with Crippen LogP contribution in [0.25, 0.3) is 49.4 Å². The van der Waals surface area contributed by atoms with Crippen molar-refractivity contribution in [2.75, 3.05) is 0 Å². The maximum Gasteiger partial charge on any atom is 0.136 e. The summed E-state index contributed by atoms with van der Waals surface area (Å²) in [5.74, 6) is 0. The quantitative estimate of drug-likeness (QED) is 0.226. The second-order valence-electron chi connectivity index (χ2n) is 7.88. The molecule has 0 unspecified atom stereocenters. The number of nitriles is 2. The van der Waals surface area contributed by atoms with Gasteiger partial charge in [-0.1, -0.05) is 68.5 Å². The largest absolute Gasteiger partial charge is 0.456 e. The molecular weight excluding hydrogens is 442 g/mol. The van der Waals surface area contributed by atoms with Crippen molar-refractivity contribution in [3.05, 3.63) is 102 Å². The number of aromatic nitrogens is 1. The van der Waals surface area contributed by atoms with Gasteiger partial charge in [0.05, 0.1) is 27.8 Å². The molecular formula is C32H27N3O. The van der Waals surface area contributed by atoms with Crippen molar-refractivity contribution >= 4 is 43.7 Å². The number of rotatable bonds is 1. The van der Waals surface area contributed by atoms with Crippen LogP contribution in [0.5, 0.6) is 0 Å². The van der Waals surface area contributed by atoms with Crippen LogP contribution in [0, 0.1) is 22.7 Å². The summed E-state index contributed by atoms with van der Waals surface area (Å²) in [5.41, 5.74) is 5.09. The Morgan fingerprint density at radius 3 is 1.89 bits per heavy atom. The molecule has 0 bridgehead atoms. The van der Waals surface area contributed by atoms with Gasteiger partial charge in [-0.3, -0.25) is 0 Å². The predicted octanol–water partition coefficient (Wildman–Crippen LogP) is 9.04. The maximum absolute atomic E-state index is 9.77. The minimum absolute atomic E-state index is 0.467. The van der Waals surface area contributed by atoms with Crippen LogP contribution < -0.4 is 0 Å². The molecule has 4 nitrogen and oxygen atoms in total. The Morgan fingerprint density at radius 1 is 0.639 bits per heavy atom. The first-order valence-electron chi connectivity index (χ1n) is 12.1. The van der Waals surface area contributed by atoms with E-state index in [9.17, 15) is 10.5 Å². The third-order valence-electron chi connectivity index (χ3n) is 6.01. The lowest BCUT2D eigenvalue weighted by atomic mass is 10.1. The zero-order valence-electron chi connectivity index (χ0n) is 20.9. The van der Waals surface area contributed by atoms with Gasteiger partial charge in [0.25, 0.3) is 0 Å². The van der Waals surface area contributed by atoms with Crippen molar-refractivity contribution in [3.63, 3.8) is 0 Å². The number of hydrogen-bond donors (Lipinski definition) is 0. The van der Waals surface area contributed by atoms with Crippen LogP contribution >= 0.6 is 0 Å². The second-order valence-corrected chi connectivity index (χ2v) is 7.88. The van der Waals surface area contributed by atoms with E-state index in [1.165, 1.54) is 0 Å². The number of hydrogen-bond acceptors (Lipinski definition) is 3. The summed E-state index contributed by atoms with van der Waals surface area (Å²) >= 11 is 0. The fraction of sp³-hybridized carbons (Fsp3) is 0.125. The topological polar surface area (TPSA) is 65.7 Å². The summed E-state index contributed by atoms with van der Waals surface area (Å²) in [6, 6.07) is 29.8. The van der Waals surface area contributed by atoms with E-state index >= 15 is 0 Å². The van der Waals surface area contributed by atoms with Gasteiger partial charge >= 0.3 is 0 Å². The van der Waals surface area contributed by atoms with Gasteiger partial charge in [-0.05, 0) is 50.2 Å². The first-order valence-corrected chi connectivity index (χ1v) is 12.1. The molecule has 0 saturated heterocycles. The normalized spacial score (nSPS) is 10.6. The highest BCUT2D eigenvalue weighted by molar-refractivity contribution is 6.27. The predicted molar refractivity (Wildman–Crippen MR) is 149 cm³/mol. The molecule has 0 aliphatic heterocycles. The van der Waals surface area contributed by atoms with E-state index in [1.807, 2.05) is 92.9 Å². The van der Waals surface area contributed by atoms with Gasteiger partial charge in [0.15, 0.2) is 0 Å². The van der Waals surface area contributed by atoms with E-state index in [4.69, 9.17) is 4.42 Å². The molecule has 4 heteroatoms. The van der Waals surface area contributed by atoms with Crippen molar-refractivity contribution in [2.24, 2.45) is 0 Å². The lowest BCUT2D eigenvalue weighted by Gasteiger charge is -2.11. The van der Waals surface area contributed by atoms with E-state index < -0.39 is 0 Å². The number of nitrogens with zero attached hydrogens (tertiary/aromatic N) is 3. The van der Waals surface area contributed by atoms with Crippen LogP contribution in [-0.4, -0.2) is 4.57 Å². The molecule has 0 saturated carbocycles. The van der Waals surface area contributed by atoms with Crippen LogP contribution in [0.2, 0.25) is 0 Å². The Labute approximate surface area is 210 Å². The summed E-state index contributed by atoms with van der Waals surface area (Å²) in [5, 5.41) is 23.8. The Bertz CT molecular complexity index is 1770. The lowest BCUT2D eigenvalue weighted by molar-refractivity contribution is 0.669. The lowest BCUT2D eigenvalue weighted by Crippen LogP contribution is -2.00. The van der Waals surface area contributed by atoms with Gasteiger partial charge in [0, 0.05) is 21.5 Å². The number of allylic oxidation sites excluding steroid dienone is 2. The standard InChI is InChI=1S/C26H13N3O.C4H8.C2H6/c27-14-16-6-5-7-17(15-28)26(16)29-20-10-3-1-8-18(20)24-21(29)12-13-23-25(24)19-9-2-4-11-22(19)30-23;1-3-4-2;1-2/h1-13H;3-4H,1-2H3;1-2H3/b;4-3-;. The Morgan fingerprint density at radius 2 is 1.25 bits per heavy atom. The van der Waals surface area contributed by atoms with Gasteiger partial charge in [0.1, 0.15) is 23.3 Å². The van der Waals surface area contributed by atoms with Crippen molar-refractivity contribution in [1.82, 2.24) is 4.57 Å². The molecule has 36 heavy (non-hydrogen) atoms. The van der Waals surface area contributed by atoms with Gasteiger partial charge in [-0.2, -0.15) is 10.5 Å². The van der Waals surface area contributed by atoms with Crippen molar-refractivity contribution in [3.8, 4) is 17.8 Å². The highest BCUT2D eigenvalue weighted by Crippen LogP contribution is 2.41. The van der Waals surface area contributed by atoms with Gasteiger partial charge < -0.3 is 8.98 Å². The Balaban J connectivity index is 0.000000465. The summed E-state index contributed by atoms with van der Waals surface area (Å²) in [7, 11) is 0. The van der Waals surface area contributed by atoms with Gasteiger partial charge in [-0.25, -0.2) is 0 Å². The van der Waals surface area contributed by atoms with Gasteiger partial charge in [-0.15, -0.1) is 0 Å². The number of fused-ring (bicyclic) bond motifs is 7. The third-order valence-corrected chi connectivity index (χ3v) is 6.01. The molecule has 0 atom stereocenters. The molecule has 0 radical (unpaired) electrons. The second kappa shape index (κ2) is 10.6. The third kappa shape index (κ3) is 3.90. The maximum atomic E-state index is 9.77. The van der Waals surface area contributed by atoms with Crippen LogP contribution in [0.15, 0.2) is 95.4 Å². The number of benzene rings is 4. The molecule has 0 fully saturated rings. The highest BCUT2D eigenvalue weighted by Gasteiger charge is 2.21. The SMILES string of the molecule is C/C=C\C.CC.N#Cc1cccc(C#N)c1-n1c2ccccc2c2c3c(ccc21)oc1ccccc13. The molecule has 0 aliphatic carbocycles. The van der Waals surface area contributed by atoms with Gasteiger partial charge in [0.2, 0.25) is 0 Å². The summed E-state index contributed by atoms with van der Waals surface area (Å²) < 4.78 is 8.13. The van der Waals surface area contributed by atoms with E-state index in [0.29, 0.717) is 16.8 Å². The highest BCUT2D eigenvalue weighted by atomic mass is 16.3. The minimum atomic E-state index is 0.467. The molecule has 176 valence electrons. The van der Waals surface area contributed by atoms with Crippen LogP contribution in [0.3, 0.4) is 0 Å². The first-order chi connectivity index (χ1) is 17.7. The molecule has 2 aromatic heterocycles. The average molecular weight is 470 g/mol. The average Bonchev–Trinajstić information content (AvgIpc) is 3.49. The monoisotopic (exact) mass is 469 g/mol. The van der Waals surface area contributed by atoms with E-state index in [0.717, 1.165) is 43.7 Å². The van der Waals surface area contributed by atoms with Crippen LogP contribution in [-0.2, 0) is 0 Å². The summed E-state index contributed by atoms with van der Waals surface area (Å²) in [4.78, 5) is 0. The van der Waals surface area contributed by atoms with Crippen molar-refractivity contribution in [1.29, 1.82) is 10.5 Å². The smallest absolute Gasteiger partial charge is 0.136 e. The van der Waals surface area contributed by atoms with E-state index in [1.54, 1.807) is 18.2 Å². The molecule has 0 aliphatic rings. The van der Waals surface area contributed by atoms with E-state index in [2.05, 4.69) is 24.3 Å². The zero-order valence-corrected chi connectivity index (χ0v) is 20.9. The number of furan rings is 1. The molecule has 6 rings (SSSR count). The molecule has 2 heterocycles. The fourth-order valence-corrected chi connectivity index (χ4v) is 4.48. The van der Waals surface area contributed by atoms with Crippen molar-refractivity contribution < 1.29 is 4.42 Å². The number of para-hydroxylation sites is 3. The molecule has 0 N–H and O–H groups in total. The van der Waals surface area contributed by atoms with Crippen LogP contribution in [0.1, 0.15) is 38.8 Å². The fourth-order valence-electron chi connectivity index (χ4n) is 4.48. The molecule has 0 spiro atoms. The zero-order chi connectivity index (χ0) is 25.7. The Kier molecular flexibility index (Phi) is 7.19. The van der Waals surface area contributed by atoms with Crippen molar-refractivity contribution in [2.45, 2.75) is 27.7 Å². The minimum Gasteiger partial charge on any atom is -0.456 e.